The lowest BCUT2D eigenvalue weighted by Crippen LogP contribution is -2.43. The Morgan fingerprint density at radius 1 is 1.21 bits per heavy atom. The summed E-state index contributed by atoms with van der Waals surface area (Å²) in [4.78, 5) is 24.4. The maximum Gasteiger partial charge on any atom is 0.251 e. The molecule has 34 heavy (non-hydrogen) atoms. The van der Waals surface area contributed by atoms with Gasteiger partial charge in [-0.25, -0.2) is 9.97 Å². The quantitative estimate of drug-likeness (QED) is 0.573. The molecule has 2 aliphatic rings. The number of anilines is 2. The van der Waals surface area contributed by atoms with Crippen LogP contribution in [-0.4, -0.2) is 58.6 Å². The molecule has 1 fully saturated rings. The van der Waals surface area contributed by atoms with Gasteiger partial charge in [0.1, 0.15) is 10.9 Å². The normalized spacial score (nSPS) is 16.0. The van der Waals surface area contributed by atoms with Gasteiger partial charge in [-0.1, -0.05) is 11.6 Å². The molecule has 0 saturated carbocycles. The van der Waals surface area contributed by atoms with Crippen molar-refractivity contribution in [3.8, 4) is 17.1 Å². The van der Waals surface area contributed by atoms with Crippen LogP contribution in [0.3, 0.4) is 0 Å². The van der Waals surface area contributed by atoms with Gasteiger partial charge in [0.15, 0.2) is 0 Å². The number of ether oxygens (including phenoxy) is 1. The summed E-state index contributed by atoms with van der Waals surface area (Å²) in [6, 6.07) is 7.55. The van der Waals surface area contributed by atoms with E-state index in [9.17, 15) is 4.79 Å². The SMILES string of the molecule is COc1cc(C(=O)NC2CCN(C)CC2)ccc1Nc1ncc2c(n1)-c1c(C)cc(Cl)n1CC2. The Labute approximate surface area is 204 Å². The number of methoxy groups -OCH3 is 1. The number of benzene rings is 1. The third kappa shape index (κ3) is 4.35. The van der Waals surface area contributed by atoms with Crippen LogP contribution in [0.25, 0.3) is 11.4 Å². The lowest BCUT2D eigenvalue weighted by atomic mass is 10.0. The van der Waals surface area contributed by atoms with Gasteiger partial charge >= 0.3 is 0 Å². The summed E-state index contributed by atoms with van der Waals surface area (Å²) in [5.41, 5.74) is 5.37. The number of carbonyl (C=O) groups is 1. The molecule has 1 amide bonds. The average molecular weight is 481 g/mol. The number of halogens is 1. The van der Waals surface area contributed by atoms with E-state index in [1.54, 1.807) is 19.2 Å². The maximum absolute atomic E-state index is 12.8. The molecule has 2 aromatic heterocycles. The Bertz CT molecular complexity index is 1230. The summed E-state index contributed by atoms with van der Waals surface area (Å²) in [6.07, 6.45) is 4.62. The highest BCUT2D eigenvalue weighted by Gasteiger charge is 2.24. The van der Waals surface area contributed by atoms with Crippen LogP contribution in [0, 0.1) is 6.92 Å². The minimum absolute atomic E-state index is 0.0856. The molecule has 0 atom stereocenters. The van der Waals surface area contributed by atoms with Crippen LogP contribution in [0.1, 0.15) is 34.3 Å². The molecule has 0 unspecified atom stereocenters. The highest BCUT2D eigenvalue weighted by Crippen LogP contribution is 2.36. The minimum atomic E-state index is -0.0856. The van der Waals surface area contributed by atoms with Gasteiger partial charge in [0.05, 0.1) is 24.2 Å². The van der Waals surface area contributed by atoms with E-state index < -0.39 is 0 Å². The summed E-state index contributed by atoms with van der Waals surface area (Å²) < 4.78 is 7.67. The van der Waals surface area contributed by atoms with Crippen LogP contribution in [0.2, 0.25) is 5.15 Å². The van der Waals surface area contributed by atoms with Crippen LogP contribution in [0.15, 0.2) is 30.5 Å². The second kappa shape index (κ2) is 9.27. The van der Waals surface area contributed by atoms with Crippen LogP contribution < -0.4 is 15.4 Å². The average Bonchev–Trinajstić information content (AvgIpc) is 3.14. The second-order valence-electron chi connectivity index (χ2n) is 9.06. The van der Waals surface area contributed by atoms with Crippen molar-refractivity contribution in [3.63, 3.8) is 0 Å². The van der Waals surface area contributed by atoms with Crippen molar-refractivity contribution in [2.24, 2.45) is 0 Å². The fourth-order valence-electron chi connectivity index (χ4n) is 4.74. The van der Waals surface area contributed by atoms with Crippen LogP contribution in [0.5, 0.6) is 5.75 Å². The van der Waals surface area contributed by atoms with Crippen molar-refractivity contribution in [3.05, 3.63) is 52.3 Å². The van der Waals surface area contributed by atoms with E-state index in [0.717, 1.165) is 66.6 Å². The smallest absolute Gasteiger partial charge is 0.251 e. The molecule has 0 aliphatic carbocycles. The third-order valence-corrected chi connectivity index (χ3v) is 7.01. The Balaban J connectivity index is 1.36. The van der Waals surface area contributed by atoms with Crippen LogP contribution >= 0.6 is 11.6 Å². The first kappa shape index (κ1) is 22.7. The van der Waals surface area contributed by atoms with Gasteiger partial charge in [-0.05, 0) is 76.2 Å². The predicted octanol–water partition coefficient (Wildman–Crippen LogP) is 4.04. The van der Waals surface area contributed by atoms with E-state index in [-0.39, 0.29) is 11.9 Å². The first-order valence-electron chi connectivity index (χ1n) is 11.6. The van der Waals surface area contributed by atoms with E-state index in [1.807, 2.05) is 25.3 Å². The van der Waals surface area contributed by atoms with Crippen molar-refractivity contribution in [1.82, 2.24) is 24.8 Å². The van der Waals surface area contributed by atoms with Crippen molar-refractivity contribution < 1.29 is 9.53 Å². The molecule has 0 radical (unpaired) electrons. The number of rotatable bonds is 5. The maximum atomic E-state index is 12.8. The van der Waals surface area contributed by atoms with E-state index in [0.29, 0.717) is 22.9 Å². The van der Waals surface area contributed by atoms with Crippen molar-refractivity contribution in [2.75, 3.05) is 32.6 Å². The summed E-state index contributed by atoms with van der Waals surface area (Å²) >= 11 is 6.40. The van der Waals surface area contributed by atoms with E-state index >= 15 is 0 Å². The number of piperidine rings is 1. The number of aromatic nitrogens is 3. The van der Waals surface area contributed by atoms with E-state index in [2.05, 4.69) is 32.1 Å². The van der Waals surface area contributed by atoms with Gasteiger partial charge in [0.25, 0.3) is 5.91 Å². The number of likely N-dealkylation sites (tertiary alicyclic amines) is 1. The first-order valence-corrected chi connectivity index (χ1v) is 12.0. The summed E-state index contributed by atoms with van der Waals surface area (Å²) in [5.74, 6) is 0.934. The molecular weight excluding hydrogens is 452 g/mol. The third-order valence-electron chi connectivity index (χ3n) is 6.69. The molecule has 5 rings (SSSR count). The molecule has 3 aromatic rings. The molecule has 1 aromatic carbocycles. The lowest BCUT2D eigenvalue weighted by Gasteiger charge is -2.29. The molecule has 2 aliphatic heterocycles. The van der Waals surface area contributed by atoms with Crippen LogP contribution in [-0.2, 0) is 13.0 Å². The number of hydrogen-bond acceptors (Lipinski definition) is 6. The number of hydrogen-bond donors (Lipinski definition) is 2. The topological polar surface area (TPSA) is 84.3 Å². The van der Waals surface area contributed by atoms with E-state index in [4.69, 9.17) is 21.3 Å². The number of aryl methyl sites for hydroxylation is 2. The summed E-state index contributed by atoms with van der Waals surface area (Å²) in [5, 5.41) is 7.13. The summed E-state index contributed by atoms with van der Waals surface area (Å²) in [6.45, 7) is 4.85. The van der Waals surface area contributed by atoms with Crippen LogP contribution in [0.4, 0.5) is 11.6 Å². The van der Waals surface area contributed by atoms with Crippen molar-refractivity contribution >= 4 is 29.1 Å². The number of nitrogens with zero attached hydrogens (tertiary/aromatic N) is 4. The molecule has 4 heterocycles. The van der Waals surface area contributed by atoms with Gasteiger partial charge in [-0.15, -0.1) is 0 Å². The highest BCUT2D eigenvalue weighted by atomic mass is 35.5. The number of nitrogens with one attached hydrogen (secondary N) is 2. The molecular formula is C25H29ClN6O2. The van der Waals surface area contributed by atoms with Gasteiger partial charge in [0.2, 0.25) is 5.95 Å². The number of carbonyl (C=O) groups excluding carboxylic acids is 1. The second-order valence-corrected chi connectivity index (χ2v) is 9.45. The monoisotopic (exact) mass is 480 g/mol. The zero-order valence-corrected chi connectivity index (χ0v) is 20.4. The molecule has 178 valence electrons. The Morgan fingerprint density at radius 2 is 2.00 bits per heavy atom. The molecule has 0 spiro atoms. The largest absolute Gasteiger partial charge is 0.495 e. The molecule has 9 heteroatoms. The van der Waals surface area contributed by atoms with Gasteiger partial charge in [0, 0.05) is 29.9 Å². The fraction of sp³-hybridized carbons (Fsp3) is 0.400. The summed E-state index contributed by atoms with van der Waals surface area (Å²) in [7, 11) is 3.69. The van der Waals surface area contributed by atoms with Gasteiger partial charge < -0.3 is 24.8 Å². The fourth-order valence-corrected chi connectivity index (χ4v) is 5.08. The molecule has 8 nitrogen and oxygen atoms in total. The van der Waals surface area contributed by atoms with Crippen molar-refractivity contribution in [1.29, 1.82) is 0 Å². The molecule has 1 saturated heterocycles. The zero-order chi connectivity index (χ0) is 23.8. The molecule has 0 bridgehead atoms. The molecule has 2 N–H and O–H groups in total. The Morgan fingerprint density at radius 3 is 2.76 bits per heavy atom. The Hall–Kier alpha value is -3.10. The predicted molar refractivity (Wildman–Crippen MR) is 133 cm³/mol. The first-order chi connectivity index (χ1) is 16.4. The number of amides is 1. The highest BCUT2D eigenvalue weighted by molar-refractivity contribution is 6.30. The minimum Gasteiger partial charge on any atom is -0.495 e. The standard InChI is InChI=1S/C25H29ClN6O2/c1-15-12-21(26)32-11-6-17-14-27-25(30-22(17)23(15)32)29-19-5-4-16(13-20(19)34-3)24(33)28-18-7-9-31(2)10-8-18/h4-5,12-14,18H,6-11H2,1-3H3,(H,28,33)(H,27,29,30). The zero-order valence-electron chi connectivity index (χ0n) is 19.7. The van der Waals surface area contributed by atoms with Gasteiger partial charge in [-0.3, -0.25) is 4.79 Å². The lowest BCUT2D eigenvalue weighted by molar-refractivity contribution is 0.0916. The number of fused-ring (bicyclic) bond motifs is 3. The van der Waals surface area contributed by atoms with E-state index in [1.165, 1.54) is 0 Å². The van der Waals surface area contributed by atoms with Gasteiger partial charge in [-0.2, -0.15) is 0 Å². The van der Waals surface area contributed by atoms with Crippen molar-refractivity contribution in [2.45, 2.75) is 38.8 Å². The Kier molecular flexibility index (Phi) is 6.18.